The molecule has 0 aliphatic carbocycles. The average molecular weight is 175 g/mol. The SMILES string of the molecule is COc1cnc(OC(C)=O)cn1.[Li]. The minimum absolute atomic E-state index is 0. The Labute approximate surface area is 87.7 Å². The fourth-order valence-electron chi connectivity index (χ4n) is 0.610. The summed E-state index contributed by atoms with van der Waals surface area (Å²) in [6.07, 6.45) is 2.69. The predicted molar refractivity (Wildman–Crippen MR) is 45.6 cm³/mol. The molecule has 6 heteroatoms. The first-order valence-electron chi connectivity index (χ1n) is 3.27. The Bertz CT molecular complexity index is 276. The van der Waals surface area contributed by atoms with Crippen molar-refractivity contribution < 1.29 is 14.3 Å². The molecule has 0 atom stereocenters. The molecular weight excluding hydrogens is 167 g/mol. The Morgan fingerprint density at radius 2 is 1.85 bits per heavy atom. The van der Waals surface area contributed by atoms with Gasteiger partial charge < -0.3 is 9.47 Å². The van der Waals surface area contributed by atoms with Crippen LogP contribution in [0.4, 0.5) is 0 Å². The second kappa shape index (κ2) is 5.57. The Kier molecular flexibility index (Phi) is 5.12. The molecule has 5 nitrogen and oxygen atoms in total. The van der Waals surface area contributed by atoms with Crippen LogP contribution < -0.4 is 9.47 Å². The molecule has 1 heterocycles. The van der Waals surface area contributed by atoms with Crippen molar-refractivity contribution in [2.45, 2.75) is 6.92 Å². The maximum Gasteiger partial charge on any atom is 0.309 e. The summed E-state index contributed by atoms with van der Waals surface area (Å²) in [5.41, 5.74) is 0. The van der Waals surface area contributed by atoms with Crippen LogP contribution in [0.1, 0.15) is 6.92 Å². The number of rotatable bonds is 2. The van der Waals surface area contributed by atoms with Gasteiger partial charge in [-0.05, 0) is 0 Å². The van der Waals surface area contributed by atoms with Crippen molar-refractivity contribution >= 4 is 24.8 Å². The van der Waals surface area contributed by atoms with E-state index in [2.05, 4.69) is 14.7 Å². The van der Waals surface area contributed by atoms with Gasteiger partial charge in [-0.2, -0.15) is 0 Å². The molecule has 1 rings (SSSR count). The number of carbonyl (C=O) groups excluding carboxylic acids is 1. The average Bonchev–Trinajstić information content (AvgIpc) is 2.05. The van der Waals surface area contributed by atoms with Crippen LogP contribution in [0, 0.1) is 0 Å². The zero-order valence-corrected chi connectivity index (χ0v) is 7.77. The van der Waals surface area contributed by atoms with E-state index in [1.54, 1.807) is 0 Å². The molecule has 0 spiro atoms. The summed E-state index contributed by atoms with van der Waals surface area (Å²) in [4.78, 5) is 18.0. The van der Waals surface area contributed by atoms with E-state index in [-0.39, 0.29) is 24.7 Å². The first-order valence-corrected chi connectivity index (χ1v) is 3.27. The first-order chi connectivity index (χ1) is 5.72. The van der Waals surface area contributed by atoms with E-state index in [1.807, 2.05) is 0 Å². The van der Waals surface area contributed by atoms with E-state index in [9.17, 15) is 4.79 Å². The van der Waals surface area contributed by atoms with Gasteiger partial charge in [0.25, 0.3) is 0 Å². The number of hydrogen-bond acceptors (Lipinski definition) is 5. The summed E-state index contributed by atoms with van der Waals surface area (Å²) in [7, 11) is 1.48. The molecule has 65 valence electrons. The van der Waals surface area contributed by atoms with E-state index in [0.717, 1.165) is 0 Å². The molecule has 0 bridgehead atoms. The van der Waals surface area contributed by atoms with Gasteiger partial charge in [-0.25, -0.2) is 9.97 Å². The van der Waals surface area contributed by atoms with Gasteiger partial charge in [-0.15, -0.1) is 0 Å². The van der Waals surface area contributed by atoms with Gasteiger partial charge in [0.1, 0.15) is 0 Å². The fourth-order valence-corrected chi connectivity index (χ4v) is 0.610. The molecule has 0 fully saturated rings. The van der Waals surface area contributed by atoms with Crippen molar-refractivity contribution in [1.82, 2.24) is 9.97 Å². The van der Waals surface area contributed by atoms with Crippen LogP contribution in [0.15, 0.2) is 12.4 Å². The summed E-state index contributed by atoms with van der Waals surface area (Å²) in [6.45, 7) is 1.30. The summed E-state index contributed by atoms with van der Waals surface area (Å²) >= 11 is 0. The summed E-state index contributed by atoms with van der Waals surface area (Å²) in [5.74, 6) is 0.128. The van der Waals surface area contributed by atoms with Gasteiger partial charge in [-0.3, -0.25) is 4.79 Å². The molecule has 0 N–H and O–H groups in total. The number of nitrogens with zero attached hydrogens (tertiary/aromatic N) is 2. The van der Waals surface area contributed by atoms with Crippen molar-refractivity contribution in [3.05, 3.63) is 12.4 Å². The summed E-state index contributed by atoms with van der Waals surface area (Å²) < 4.78 is 9.41. The normalized spacial score (nSPS) is 8.46. The minimum Gasteiger partial charge on any atom is -0.480 e. The van der Waals surface area contributed by atoms with Crippen molar-refractivity contribution in [1.29, 1.82) is 0 Å². The second-order valence-corrected chi connectivity index (χ2v) is 1.99. The molecule has 1 radical (unpaired) electrons. The molecule has 0 aliphatic rings. The van der Waals surface area contributed by atoms with E-state index in [1.165, 1.54) is 26.4 Å². The molecule has 13 heavy (non-hydrogen) atoms. The molecule has 0 saturated carbocycles. The zero-order chi connectivity index (χ0) is 8.97. The number of ether oxygens (including phenoxy) is 2. The number of carbonyl (C=O) groups is 1. The Morgan fingerprint density at radius 3 is 2.23 bits per heavy atom. The molecule has 1 aromatic heterocycles. The van der Waals surface area contributed by atoms with Crippen LogP contribution in [0.25, 0.3) is 0 Å². The molecule has 0 aromatic carbocycles. The van der Waals surface area contributed by atoms with Crippen molar-refractivity contribution in [2.24, 2.45) is 0 Å². The molecule has 0 aliphatic heterocycles. The second-order valence-electron chi connectivity index (χ2n) is 1.99. The van der Waals surface area contributed by atoms with Crippen LogP contribution in [0.2, 0.25) is 0 Å². The molecule has 0 saturated heterocycles. The topological polar surface area (TPSA) is 61.3 Å². The van der Waals surface area contributed by atoms with Gasteiger partial charge in [0.05, 0.1) is 19.5 Å². The number of esters is 1. The summed E-state index contributed by atoms with van der Waals surface area (Å²) in [6, 6.07) is 0. The van der Waals surface area contributed by atoms with Gasteiger partial charge in [0, 0.05) is 25.8 Å². The number of aromatic nitrogens is 2. The first kappa shape index (κ1) is 11.9. The van der Waals surface area contributed by atoms with Crippen molar-refractivity contribution in [3.63, 3.8) is 0 Å². The van der Waals surface area contributed by atoms with Gasteiger partial charge in [0.15, 0.2) is 0 Å². The number of hydrogen-bond donors (Lipinski definition) is 0. The Balaban J connectivity index is 0.00000144. The van der Waals surface area contributed by atoms with Gasteiger partial charge in [0.2, 0.25) is 11.8 Å². The van der Waals surface area contributed by atoms with Crippen LogP contribution in [-0.4, -0.2) is 41.9 Å². The molecule has 0 unspecified atom stereocenters. The van der Waals surface area contributed by atoms with Crippen LogP contribution >= 0.6 is 0 Å². The number of methoxy groups -OCH3 is 1. The third-order valence-corrected chi connectivity index (χ3v) is 1.06. The molecule has 1 aromatic rings. The zero-order valence-electron chi connectivity index (χ0n) is 7.77. The Morgan fingerprint density at radius 1 is 1.31 bits per heavy atom. The maximum atomic E-state index is 10.4. The monoisotopic (exact) mass is 175 g/mol. The molecular formula is C7H8LiN2O3. The van der Waals surface area contributed by atoms with E-state index in [4.69, 9.17) is 4.74 Å². The Hall–Kier alpha value is -1.05. The summed E-state index contributed by atoms with van der Waals surface area (Å²) in [5, 5.41) is 0. The van der Waals surface area contributed by atoms with Crippen LogP contribution in [0.5, 0.6) is 11.8 Å². The third kappa shape index (κ3) is 3.92. The predicted octanol–water partition coefficient (Wildman–Crippen LogP) is 0.0297. The van der Waals surface area contributed by atoms with E-state index in [0.29, 0.717) is 5.88 Å². The quantitative estimate of drug-likeness (QED) is 0.468. The van der Waals surface area contributed by atoms with Gasteiger partial charge >= 0.3 is 5.97 Å². The minimum atomic E-state index is -0.422. The smallest absolute Gasteiger partial charge is 0.309 e. The van der Waals surface area contributed by atoms with Crippen LogP contribution in [-0.2, 0) is 4.79 Å². The largest absolute Gasteiger partial charge is 0.480 e. The molecule has 0 amide bonds. The maximum absolute atomic E-state index is 10.4. The van der Waals surface area contributed by atoms with Crippen LogP contribution in [0.3, 0.4) is 0 Å². The fraction of sp³-hybridized carbons (Fsp3) is 0.286. The third-order valence-electron chi connectivity index (χ3n) is 1.06. The van der Waals surface area contributed by atoms with E-state index >= 15 is 0 Å². The van der Waals surface area contributed by atoms with E-state index < -0.39 is 5.97 Å². The van der Waals surface area contributed by atoms with Gasteiger partial charge in [-0.1, -0.05) is 0 Å². The standard InChI is InChI=1S/C7H8N2O3.Li/c1-5(10)12-7-4-8-6(11-2)3-9-7;/h3-4H,1-2H3;. The van der Waals surface area contributed by atoms with Crippen molar-refractivity contribution in [3.8, 4) is 11.8 Å². The van der Waals surface area contributed by atoms with Crippen molar-refractivity contribution in [2.75, 3.05) is 7.11 Å².